The molecule has 0 bridgehead atoms. The Balaban J connectivity index is 0.000000649. The molecular formula is C17H19F3N5NaO7S. The van der Waals surface area contributed by atoms with Crippen LogP contribution in [0.1, 0.15) is 29.9 Å². The fourth-order valence-electron chi connectivity index (χ4n) is 1.89. The Morgan fingerprint density at radius 1 is 1.09 bits per heavy atom. The quantitative estimate of drug-likeness (QED) is 0.444. The molecule has 2 aromatic rings. The number of anilines is 1. The zero-order valence-corrected chi connectivity index (χ0v) is 18.2. The van der Waals surface area contributed by atoms with Crippen molar-refractivity contribution in [1.82, 2.24) is 15.0 Å². The van der Waals surface area contributed by atoms with E-state index >= 15 is 0 Å². The van der Waals surface area contributed by atoms with Crippen molar-refractivity contribution in [1.29, 1.82) is 0 Å². The van der Waals surface area contributed by atoms with Gasteiger partial charge in [0.1, 0.15) is 5.69 Å². The number of hydrogen-bond acceptors (Lipinski definition) is 10. The van der Waals surface area contributed by atoms with Crippen LogP contribution in [0.15, 0.2) is 28.8 Å². The van der Waals surface area contributed by atoms with Crippen LogP contribution < -0.4 is 14.8 Å². The van der Waals surface area contributed by atoms with Gasteiger partial charge in [-0.3, -0.25) is 10.3 Å². The minimum atomic E-state index is -4.49. The van der Waals surface area contributed by atoms with Crippen molar-refractivity contribution in [2.24, 2.45) is 4.36 Å². The number of aromatic nitrogens is 3. The fraction of sp³-hybridized carbons (Fsp3) is 0.353. The number of carbonyl (C=O) groups excluding carboxylic acids is 2. The van der Waals surface area contributed by atoms with Crippen LogP contribution in [0.3, 0.4) is 0 Å². The standard InChI is InChI=1S/C9H12N4O5S.C8H6F3NO2.Na.H/c1-3-17-6-5-7(18-4-2)11-8(10-6)12-9(14)13-19(15)16;1-14-7(13)5-2-3-6(12-4-5)8(9,10)11;;/h5H,3-4H2,1-2H3,(H,10,11,12,14);2-4H,1H3;;. The number of urea groups is 1. The maximum absolute atomic E-state index is 12.0. The Kier molecular flexibility index (Phi) is 13.9. The van der Waals surface area contributed by atoms with Crippen LogP contribution in [0.25, 0.3) is 0 Å². The molecule has 0 spiro atoms. The zero-order valence-electron chi connectivity index (χ0n) is 17.4. The number of pyridine rings is 1. The maximum atomic E-state index is 12.0. The average molecular weight is 517 g/mol. The number of rotatable bonds is 6. The summed E-state index contributed by atoms with van der Waals surface area (Å²) >= 11 is 0. The normalized spacial score (nSPS) is 9.94. The van der Waals surface area contributed by atoms with Crippen molar-refractivity contribution in [3.63, 3.8) is 0 Å². The first-order chi connectivity index (χ1) is 15.5. The Morgan fingerprint density at radius 2 is 1.65 bits per heavy atom. The molecular weight excluding hydrogens is 498 g/mol. The van der Waals surface area contributed by atoms with Crippen molar-refractivity contribution in [2.75, 3.05) is 25.6 Å². The summed E-state index contributed by atoms with van der Waals surface area (Å²) in [7, 11) is -1.70. The molecule has 34 heavy (non-hydrogen) atoms. The molecule has 0 saturated heterocycles. The van der Waals surface area contributed by atoms with E-state index in [1.807, 2.05) is 0 Å². The molecule has 0 unspecified atom stereocenters. The molecule has 12 nitrogen and oxygen atoms in total. The van der Waals surface area contributed by atoms with E-state index in [1.54, 1.807) is 13.8 Å². The second kappa shape index (κ2) is 15.2. The molecule has 2 heterocycles. The SMILES string of the molecule is CCOc1cc(OCC)nc(NC(=O)N=S(=O)=O)n1.COC(=O)c1ccc(C(F)(F)F)nc1.[NaH]. The number of carbonyl (C=O) groups is 2. The van der Waals surface area contributed by atoms with Crippen molar-refractivity contribution < 1.29 is 45.4 Å². The van der Waals surface area contributed by atoms with E-state index in [9.17, 15) is 31.2 Å². The van der Waals surface area contributed by atoms with E-state index in [0.29, 0.717) is 13.2 Å². The first-order valence-corrected chi connectivity index (χ1v) is 9.91. The van der Waals surface area contributed by atoms with Crippen molar-refractivity contribution in [3.8, 4) is 11.8 Å². The van der Waals surface area contributed by atoms with Gasteiger partial charge in [-0.05, 0) is 26.0 Å². The summed E-state index contributed by atoms with van der Waals surface area (Å²) in [4.78, 5) is 32.7. The molecule has 2 rings (SSSR count). The summed E-state index contributed by atoms with van der Waals surface area (Å²) in [5.74, 6) is -0.487. The van der Waals surface area contributed by atoms with E-state index in [1.165, 1.54) is 6.07 Å². The topological polar surface area (TPSA) is 159 Å². The first-order valence-electron chi connectivity index (χ1n) is 8.88. The van der Waals surface area contributed by atoms with Gasteiger partial charge in [0, 0.05) is 6.20 Å². The van der Waals surface area contributed by atoms with Crippen LogP contribution in [0.2, 0.25) is 0 Å². The van der Waals surface area contributed by atoms with Crippen LogP contribution in [0, 0.1) is 0 Å². The van der Waals surface area contributed by atoms with Crippen molar-refractivity contribution in [3.05, 3.63) is 35.7 Å². The van der Waals surface area contributed by atoms with Crippen molar-refractivity contribution >= 4 is 58.0 Å². The van der Waals surface area contributed by atoms with Gasteiger partial charge in [0.25, 0.3) is 0 Å². The molecule has 0 radical (unpaired) electrons. The van der Waals surface area contributed by atoms with Gasteiger partial charge < -0.3 is 14.2 Å². The van der Waals surface area contributed by atoms with E-state index in [4.69, 9.17) is 9.47 Å². The molecule has 17 heteroatoms. The Morgan fingerprint density at radius 3 is 2.03 bits per heavy atom. The second-order valence-corrected chi connectivity index (χ2v) is 6.01. The van der Waals surface area contributed by atoms with Gasteiger partial charge in [-0.25, -0.2) is 9.59 Å². The number of nitrogens with one attached hydrogen (secondary N) is 1. The summed E-state index contributed by atoms with van der Waals surface area (Å²) in [6.45, 7) is 4.25. The van der Waals surface area contributed by atoms with Crippen molar-refractivity contribution in [2.45, 2.75) is 20.0 Å². The van der Waals surface area contributed by atoms with E-state index in [2.05, 4.69) is 29.4 Å². The van der Waals surface area contributed by atoms with Gasteiger partial charge in [0.2, 0.25) is 17.7 Å². The fourth-order valence-corrected chi connectivity index (χ4v) is 2.07. The summed E-state index contributed by atoms with van der Waals surface area (Å²) < 4.78 is 73.9. The monoisotopic (exact) mass is 517 g/mol. The van der Waals surface area contributed by atoms with Crippen LogP contribution in [0.4, 0.5) is 23.9 Å². The number of methoxy groups -OCH3 is 1. The average Bonchev–Trinajstić information content (AvgIpc) is 2.73. The molecule has 182 valence electrons. The van der Waals surface area contributed by atoms with Gasteiger partial charge >= 0.3 is 58.2 Å². The van der Waals surface area contributed by atoms with E-state index < -0.39 is 34.4 Å². The summed E-state index contributed by atoms with van der Waals surface area (Å²) in [5, 5.41) is 2.09. The van der Waals surface area contributed by atoms with E-state index in [0.717, 1.165) is 25.4 Å². The van der Waals surface area contributed by atoms with Gasteiger partial charge in [-0.1, -0.05) is 4.36 Å². The summed E-state index contributed by atoms with van der Waals surface area (Å²) in [6.07, 6.45) is -3.66. The number of hydrogen-bond donors (Lipinski definition) is 1. The molecule has 2 aromatic heterocycles. The van der Waals surface area contributed by atoms with Gasteiger partial charge in [-0.2, -0.15) is 31.6 Å². The van der Waals surface area contributed by atoms with E-state index in [-0.39, 0.29) is 52.8 Å². The second-order valence-electron chi connectivity index (χ2n) is 5.39. The molecule has 0 aliphatic carbocycles. The molecule has 0 aliphatic heterocycles. The summed E-state index contributed by atoms with van der Waals surface area (Å²) in [6, 6.07) is 2.09. The third-order valence-corrected chi connectivity index (χ3v) is 3.43. The molecule has 0 aromatic carbocycles. The number of ether oxygens (including phenoxy) is 3. The zero-order chi connectivity index (χ0) is 25.0. The molecule has 0 saturated carbocycles. The number of amides is 2. The summed E-state index contributed by atoms with van der Waals surface area (Å²) in [5.41, 5.74) is -1.05. The minimum absolute atomic E-state index is 0. The molecule has 0 fully saturated rings. The molecule has 2 amide bonds. The third-order valence-electron chi connectivity index (χ3n) is 3.11. The van der Waals surface area contributed by atoms with Crippen LogP contribution in [0.5, 0.6) is 11.8 Å². The van der Waals surface area contributed by atoms with Crippen LogP contribution in [-0.2, 0) is 21.4 Å². The number of halogens is 3. The first kappa shape index (κ1) is 31.2. The predicted molar refractivity (Wildman–Crippen MR) is 112 cm³/mol. The van der Waals surface area contributed by atoms with Gasteiger partial charge in [0.15, 0.2) is 0 Å². The number of alkyl halides is 3. The predicted octanol–water partition coefficient (Wildman–Crippen LogP) is 2.11. The van der Waals surface area contributed by atoms with Gasteiger partial charge in [-0.15, -0.1) is 0 Å². The Bertz CT molecular complexity index is 1070. The molecule has 1 N–H and O–H groups in total. The van der Waals surface area contributed by atoms with Gasteiger partial charge in [0.05, 0.1) is 32.0 Å². The Labute approximate surface area is 215 Å². The molecule has 0 atom stereocenters. The molecule has 0 aliphatic rings. The Hall–Kier alpha value is -2.82. The third kappa shape index (κ3) is 11.4. The number of nitrogens with zero attached hydrogens (tertiary/aromatic N) is 4. The van der Waals surface area contributed by atoms with Crippen LogP contribution >= 0.6 is 0 Å². The number of esters is 1. The van der Waals surface area contributed by atoms with Crippen LogP contribution in [-0.4, -0.2) is 85.3 Å².